The molecule has 0 aliphatic rings. The topological polar surface area (TPSA) is 117 Å². The van der Waals surface area contributed by atoms with Gasteiger partial charge in [0.15, 0.2) is 5.13 Å². The Kier molecular flexibility index (Phi) is 7.81. The Balaban J connectivity index is 1.73. The summed E-state index contributed by atoms with van der Waals surface area (Å²) in [5.74, 6) is 1.52. The van der Waals surface area contributed by atoms with Gasteiger partial charge in [-0.15, -0.1) is 11.8 Å². The average Bonchev–Trinajstić information content (AvgIpc) is 3.25. The molecule has 0 saturated carbocycles. The van der Waals surface area contributed by atoms with Crippen molar-refractivity contribution in [3.8, 4) is 0 Å². The van der Waals surface area contributed by atoms with Gasteiger partial charge in [-0.3, -0.25) is 14.8 Å². The van der Waals surface area contributed by atoms with Crippen LogP contribution < -0.4 is 10.8 Å². The second-order valence-electron chi connectivity index (χ2n) is 6.93. The van der Waals surface area contributed by atoms with Gasteiger partial charge >= 0.3 is 0 Å². The molecule has 0 saturated heterocycles. The normalized spacial score (nSPS) is 11.4. The molecule has 0 aromatic carbocycles. The monoisotopic (exact) mass is 412 g/mol. The Bertz CT molecular complexity index is 767. The summed E-state index contributed by atoms with van der Waals surface area (Å²) in [6, 6.07) is 0. The molecule has 2 aromatic rings. The van der Waals surface area contributed by atoms with E-state index in [9.17, 15) is 9.59 Å². The molecular weight excluding hydrogens is 388 g/mol. The zero-order valence-electron chi connectivity index (χ0n) is 15.6. The number of hydrogen-bond donors (Lipinski definition) is 3. The molecule has 10 heteroatoms. The number of nitrogens with one attached hydrogen (secondary N) is 2. The van der Waals surface area contributed by atoms with E-state index >= 15 is 0 Å². The fourth-order valence-corrected chi connectivity index (χ4v) is 3.79. The van der Waals surface area contributed by atoms with Crippen molar-refractivity contribution in [2.24, 2.45) is 0 Å². The number of thioether (sulfide) groups is 1. The first-order chi connectivity index (χ1) is 12.8. The van der Waals surface area contributed by atoms with Crippen molar-refractivity contribution < 1.29 is 19.2 Å². The first-order valence-electron chi connectivity index (χ1n) is 8.54. The third-order valence-corrected chi connectivity index (χ3v) is 5.64. The number of aromatic nitrogens is 2. The molecule has 27 heavy (non-hydrogen) atoms. The highest BCUT2D eigenvalue weighted by atomic mass is 32.2. The lowest BCUT2D eigenvalue weighted by molar-refractivity contribution is -0.129. The predicted octanol–water partition coefficient (Wildman–Crippen LogP) is 3.73. The molecule has 0 unspecified atom stereocenters. The maximum Gasteiger partial charge on any atom is 0.243 e. The summed E-state index contributed by atoms with van der Waals surface area (Å²) in [6.45, 7) is 6.22. The average molecular weight is 413 g/mol. The van der Waals surface area contributed by atoms with Crippen LogP contribution in [0.15, 0.2) is 21.0 Å². The Labute approximate surface area is 166 Å². The van der Waals surface area contributed by atoms with Gasteiger partial charge in [0, 0.05) is 18.3 Å². The molecule has 3 N–H and O–H groups in total. The van der Waals surface area contributed by atoms with Crippen LogP contribution in [-0.4, -0.2) is 27.0 Å². The molecule has 2 rings (SSSR count). The fourth-order valence-electron chi connectivity index (χ4n) is 2.05. The van der Waals surface area contributed by atoms with Crippen molar-refractivity contribution in [1.82, 2.24) is 15.4 Å². The summed E-state index contributed by atoms with van der Waals surface area (Å²) in [5, 5.41) is 11.7. The van der Waals surface area contributed by atoms with Gasteiger partial charge in [0.05, 0.1) is 22.4 Å². The zero-order valence-corrected chi connectivity index (χ0v) is 17.2. The molecule has 148 valence electrons. The molecule has 0 radical (unpaired) electrons. The summed E-state index contributed by atoms with van der Waals surface area (Å²) in [6.07, 6.45) is 5.06. The largest absolute Gasteiger partial charge is 0.444 e. The van der Waals surface area contributed by atoms with Gasteiger partial charge in [0.2, 0.25) is 17.7 Å². The molecule has 0 aliphatic heterocycles. The highest BCUT2D eigenvalue weighted by molar-refractivity contribution is 8.00. The molecule has 0 aliphatic carbocycles. The number of anilines is 1. The maximum absolute atomic E-state index is 11.9. The van der Waals surface area contributed by atoms with Crippen molar-refractivity contribution >= 4 is 40.0 Å². The van der Waals surface area contributed by atoms with Crippen LogP contribution >= 0.6 is 23.1 Å². The van der Waals surface area contributed by atoms with Crippen LogP contribution in [0.4, 0.5) is 5.13 Å². The van der Waals surface area contributed by atoms with Crippen molar-refractivity contribution in [2.75, 3.05) is 5.32 Å². The summed E-state index contributed by atoms with van der Waals surface area (Å²) >= 11 is 2.95. The smallest absolute Gasteiger partial charge is 0.243 e. The van der Waals surface area contributed by atoms with Gasteiger partial charge in [-0.05, 0) is 12.8 Å². The molecule has 0 bridgehead atoms. The number of hydrogen-bond acceptors (Lipinski definition) is 8. The lowest BCUT2D eigenvalue weighted by atomic mass is 9.94. The number of oxazole rings is 1. The highest BCUT2D eigenvalue weighted by Gasteiger charge is 2.19. The standard InChI is InChI=1S/C17H24N4O4S2/c1-17(2,3)11-8-18-14(25-11)10-26-15-9-19-16(27-15)20-12(22)6-4-5-7-13(23)21-24/h8-9,24H,4-7,10H2,1-3H3,(H,21,23)(H,19,20,22). The van der Waals surface area contributed by atoms with Gasteiger partial charge in [0.25, 0.3) is 0 Å². The molecule has 0 fully saturated rings. The SMILES string of the molecule is CC(C)(C)c1cnc(CSc2cnc(NC(=O)CCCCC(=O)NO)s2)o1. The Morgan fingerprint density at radius 3 is 2.52 bits per heavy atom. The number of unbranched alkanes of at least 4 members (excludes halogenated alkanes) is 1. The van der Waals surface area contributed by atoms with E-state index in [0.717, 1.165) is 9.97 Å². The van der Waals surface area contributed by atoms with Crippen LogP contribution in [0.2, 0.25) is 0 Å². The summed E-state index contributed by atoms with van der Waals surface area (Å²) in [7, 11) is 0. The number of carbonyl (C=O) groups is 2. The molecule has 2 amide bonds. The Hall–Kier alpha value is -1.91. The zero-order chi connectivity index (χ0) is 19.9. The van der Waals surface area contributed by atoms with Crippen LogP contribution in [0.3, 0.4) is 0 Å². The van der Waals surface area contributed by atoms with E-state index in [-0.39, 0.29) is 17.7 Å². The Morgan fingerprint density at radius 2 is 1.89 bits per heavy atom. The summed E-state index contributed by atoms with van der Waals surface area (Å²) < 4.78 is 6.72. The first-order valence-corrected chi connectivity index (χ1v) is 10.3. The highest BCUT2D eigenvalue weighted by Crippen LogP contribution is 2.31. The molecule has 2 heterocycles. The van der Waals surface area contributed by atoms with Gasteiger partial charge in [0.1, 0.15) is 5.76 Å². The van der Waals surface area contributed by atoms with Crippen LogP contribution in [0, 0.1) is 0 Å². The second-order valence-corrected chi connectivity index (χ2v) is 9.24. The third kappa shape index (κ3) is 7.31. The summed E-state index contributed by atoms with van der Waals surface area (Å²) in [5.41, 5.74) is 1.50. The fraction of sp³-hybridized carbons (Fsp3) is 0.529. The van der Waals surface area contributed by atoms with E-state index in [0.29, 0.717) is 36.0 Å². The minimum atomic E-state index is -0.447. The minimum Gasteiger partial charge on any atom is -0.444 e. The second kappa shape index (κ2) is 9.86. The maximum atomic E-state index is 11.9. The van der Waals surface area contributed by atoms with Crippen molar-refractivity contribution in [3.63, 3.8) is 0 Å². The van der Waals surface area contributed by atoms with Gasteiger partial charge < -0.3 is 9.73 Å². The molecular formula is C17H24N4O4S2. The van der Waals surface area contributed by atoms with Crippen molar-refractivity contribution in [3.05, 3.63) is 24.0 Å². The third-order valence-electron chi connectivity index (χ3n) is 3.54. The first kappa shape index (κ1) is 21.4. The van der Waals surface area contributed by atoms with E-state index in [1.165, 1.54) is 11.3 Å². The van der Waals surface area contributed by atoms with E-state index in [1.54, 1.807) is 29.6 Å². The molecule has 8 nitrogen and oxygen atoms in total. The minimum absolute atomic E-state index is 0.0697. The lowest BCUT2D eigenvalue weighted by Gasteiger charge is -2.12. The predicted molar refractivity (Wildman–Crippen MR) is 104 cm³/mol. The number of hydroxylamine groups is 1. The van der Waals surface area contributed by atoms with Crippen LogP contribution in [0.25, 0.3) is 0 Å². The lowest BCUT2D eigenvalue weighted by Crippen LogP contribution is -2.18. The van der Waals surface area contributed by atoms with Crippen LogP contribution in [-0.2, 0) is 20.8 Å². The van der Waals surface area contributed by atoms with E-state index in [2.05, 4.69) is 36.1 Å². The number of rotatable bonds is 9. The molecule has 0 atom stereocenters. The van der Waals surface area contributed by atoms with E-state index in [1.807, 2.05) is 0 Å². The Morgan fingerprint density at radius 1 is 1.19 bits per heavy atom. The van der Waals surface area contributed by atoms with E-state index in [4.69, 9.17) is 9.62 Å². The quantitative estimate of drug-likeness (QED) is 0.249. The van der Waals surface area contributed by atoms with Gasteiger partial charge in [-0.2, -0.15) is 0 Å². The van der Waals surface area contributed by atoms with Crippen molar-refractivity contribution in [1.29, 1.82) is 0 Å². The van der Waals surface area contributed by atoms with Gasteiger partial charge in [-0.25, -0.2) is 15.4 Å². The number of thiazole rings is 1. The number of amides is 2. The summed E-state index contributed by atoms with van der Waals surface area (Å²) in [4.78, 5) is 31.3. The number of nitrogens with zero attached hydrogens (tertiary/aromatic N) is 2. The van der Waals surface area contributed by atoms with Crippen LogP contribution in [0.5, 0.6) is 0 Å². The molecule has 2 aromatic heterocycles. The van der Waals surface area contributed by atoms with Gasteiger partial charge in [-0.1, -0.05) is 32.1 Å². The molecule has 0 spiro atoms. The number of carbonyl (C=O) groups excluding carboxylic acids is 2. The van der Waals surface area contributed by atoms with Crippen molar-refractivity contribution in [2.45, 2.75) is 61.8 Å². The van der Waals surface area contributed by atoms with Crippen LogP contribution in [0.1, 0.15) is 58.1 Å². The van der Waals surface area contributed by atoms with E-state index < -0.39 is 5.91 Å².